The highest BCUT2D eigenvalue weighted by Gasteiger charge is 2.50. The number of thioether (sulfide) groups is 1. The summed E-state index contributed by atoms with van der Waals surface area (Å²) in [5.41, 5.74) is 6.36. The third kappa shape index (κ3) is 14.9. The number of hydrogen-bond donors (Lipinski definition) is 9. The number of carbonyl (C=O) groups is 3. The number of phosphoric acid groups is 3. The number of anilines is 1. The van der Waals surface area contributed by atoms with Crippen molar-refractivity contribution in [3.8, 4) is 0 Å². The predicted octanol–water partition coefficient (Wildman–Crippen LogP) is 1.67. The molecule has 2 aromatic heterocycles. The Bertz CT molecular complexity index is 2180. The van der Waals surface area contributed by atoms with Gasteiger partial charge in [0.15, 0.2) is 22.8 Å². The van der Waals surface area contributed by atoms with E-state index >= 15 is 0 Å². The normalized spacial score (nSPS) is 21.3. The van der Waals surface area contributed by atoms with Crippen molar-refractivity contribution in [2.24, 2.45) is 11.3 Å². The molecule has 62 heavy (non-hydrogen) atoms. The van der Waals surface area contributed by atoms with Gasteiger partial charge in [0.1, 0.15) is 36.3 Å². The number of carbonyl (C=O) groups excluding carboxylic acids is 3. The lowest BCUT2D eigenvalue weighted by Crippen LogP contribution is -2.46. The zero-order valence-electron chi connectivity index (χ0n) is 34.2. The number of nitrogens with zero attached hydrogens (tertiary/aromatic N) is 4. The molecule has 0 bridgehead atoms. The van der Waals surface area contributed by atoms with Gasteiger partial charge in [-0.2, -0.15) is 4.31 Å². The molecule has 1 saturated heterocycles. The first kappa shape index (κ1) is 51.4. The molecular formula is C34H52N7O17P3S. The molecule has 1 aliphatic rings. The summed E-state index contributed by atoms with van der Waals surface area (Å²) >= 11 is 1.09. The molecule has 3 unspecified atom stereocenters. The van der Waals surface area contributed by atoms with E-state index in [9.17, 15) is 57.9 Å². The number of nitrogen functional groups attached to an aromatic ring is 1. The Morgan fingerprint density at radius 3 is 2.29 bits per heavy atom. The summed E-state index contributed by atoms with van der Waals surface area (Å²) < 4.78 is 62.3. The largest absolute Gasteiger partial charge is 0.481 e. The Balaban J connectivity index is 1.19. The zero-order valence-corrected chi connectivity index (χ0v) is 37.7. The minimum Gasteiger partial charge on any atom is -0.386 e. The number of aromatic nitrogens is 4. The number of phosphoric ester groups is 3. The van der Waals surface area contributed by atoms with Gasteiger partial charge in [0.25, 0.3) is 0 Å². The maximum Gasteiger partial charge on any atom is 0.481 e. The van der Waals surface area contributed by atoms with Gasteiger partial charge in [0.2, 0.25) is 11.8 Å². The molecule has 3 heterocycles. The van der Waals surface area contributed by atoms with Crippen LogP contribution in [0.3, 0.4) is 0 Å². The third-order valence-corrected chi connectivity index (χ3v) is 13.4. The number of imidazole rings is 1. The van der Waals surface area contributed by atoms with E-state index < -0.39 is 84.6 Å². The molecule has 0 radical (unpaired) electrons. The zero-order chi connectivity index (χ0) is 46.2. The minimum atomic E-state index is -5.58. The van der Waals surface area contributed by atoms with E-state index in [0.717, 1.165) is 41.0 Å². The average molecular weight is 956 g/mol. The fourth-order valence-corrected chi connectivity index (χ4v) is 9.58. The second kappa shape index (κ2) is 21.6. The van der Waals surface area contributed by atoms with Gasteiger partial charge >= 0.3 is 23.5 Å². The van der Waals surface area contributed by atoms with Crippen LogP contribution in [0.4, 0.5) is 5.82 Å². The summed E-state index contributed by atoms with van der Waals surface area (Å²) in [6.07, 6.45) is -6.00. The monoisotopic (exact) mass is 955 g/mol. The quantitative estimate of drug-likeness (QED) is 0.0482. The fourth-order valence-electron chi connectivity index (χ4n) is 5.96. The molecule has 1 aromatic carbocycles. The van der Waals surface area contributed by atoms with Gasteiger partial charge in [0, 0.05) is 30.7 Å². The summed E-state index contributed by atoms with van der Waals surface area (Å²) in [6.45, 7) is 6.55. The van der Waals surface area contributed by atoms with Crippen LogP contribution in [0, 0.1) is 11.3 Å². The number of ether oxygens (including phenoxy) is 1. The molecule has 0 aliphatic carbocycles. The molecule has 24 nitrogen and oxygen atoms in total. The Labute approximate surface area is 360 Å². The molecule has 1 fully saturated rings. The van der Waals surface area contributed by atoms with Gasteiger partial charge < -0.3 is 50.9 Å². The average Bonchev–Trinajstić information content (AvgIpc) is 3.74. The number of amides is 2. The molecule has 1 aliphatic heterocycles. The Kier molecular flexibility index (Phi) is 17.9. The number of nitrogens with one attached hydrogen (secondary N) is 2. The number of aliphatic hydroxyl groups is 2. The molecule has 0 saturated carbocycles. The van der Waals surface area contributed by atoms with Crippen LogP contribution in [0.5, 0.6) is 0 Å². The van der Waals surface area contributed by atoms with Gasteiger partial charge in [-0.1, -0.05) is 70.6 Å². The van der Waals surface area contributed by atoms with E-state index in [1.54, 1.807) is 0 Å². The van der Waals surface area contributed by atoms with Crippen molar-refractivity contribution in [3.05, 3.63) is 48.0 Å². The molecule has 4 rings (SSSR count). The Hall–Kier alpha value is -3.22. The molecule has 2 amide bonds. The second-order valence-corrected chi connectivity index (χ2v) is 20.6. The van der Waals surface area contributed by atoms with Gasteiger partial charge in [-0.3, -0.25) is 32.5 Å². The number of aliphatic hydroxyl groups excluding tert-OH is 2. The molecular weight excluding hydrogens is 903 g/mol. The van der Waals surface area contributed by atoms with Gasteiger partial charge in [-0.15, -0.1) is 0 Å². The van der Waals surface area contributed by atoms with Crippen LogP contribution < -0.4 is 16.4 Å². The molecule has 8 atom stereocenters. The summed E-state index contributed by atoms with van der Waals surface area (Å²) in [5.74, 6) is -0.954. The lowest BCUT2D eigenvalue weighted by Gasteiger charge is -2.30. The number of nitrogens with two attached hydrogens (primary N) is 1. The maximum atomic E-state index is 12.7. The lowest BCUT2D eigenvalue weighted by atomic mass is 9.87. The second-order valence-electron chi connectivity index (χ2n) is 15.3. The van der Waals surface area contributed by atoms with E-state index in [-0.39, 0.29) is 47.5 Å². The van der Waals surface area contributed by atoms with Crippen LogP contribution in [-0.2, 0) is 57.1 Å². The van der Waals surface area contributed by atoms with E-state index in [0.29, 0.717) is 11.7 Å². The molecule has 3 aromatic rings. The standard InChI is InChI=1S/C34H52N7O17P3S/c1-19(2)14-21-6-8-22(9-7-21)20(3)33(46)62-13-12-36-24(42)10-11-37-31(45)28(44)34(4,5)16-55-61(52,53)58-60(50,51)54-15-23-27(57-59(47,48)49)26(43)32(56-23)41-18-40-25-29(35)38-17-39-30(25)41/h6-9,17-20,23,26-28,32,43-44H,10-16H2,1-5H3,(H,36,42)(H,37,45)(H,50,51)(H,52,53)(H2,35,38,39)(H2,47,48,49)/t20-,23-,26-,27-,28?,32-/m1/s1. The van der Waals surface area contributed by atoms with E-state index in [1.807, 2.05) is 31.2 Å². The lowest BCUT2D eigenvalue weighted by molar-refractivity contribution is -0.137. The smallest absolute Gasteiger partial charge is 0.386 e. The number of hydrogen-bond acceptors (Lipinski definition) is 18. The van der Waals surface area contributed by atoms with Crippen LogP contribution in [0.15, 0.2) is 36.9 Å². The Morgan fingerprint density at radius 1 is 0.984 bits per heavy atom. The van der Waals surface area contributed by atoms with Crippen LogP contribution in [0.25, 0.3) is 11.2 Å². The van der Waals surface area contributed by atoms with Crippen molar-refractivity contribution >= 4 is 69.1 Å². The summed E-state index contributed by atoms with van der Waals surface area (Å²) in [4.78, 5) is 88.8. The topological polar surface area (TPSA) is 364 Å². The van der Waals surface area contributed by atoms with Gasteiger partial charge in [-0.25, -0.2) is 28.6 Å². The number of fused-ring (bicyclic) bond motifs is 1. The summed E-state index contributed by atoms with van der Waals surface area (Å²) in [7, 11) is -16.4. The van der Waals surface area contributed by atoms with Gasteiger partial charge in [0.05, 0.1) is 25.5 Å². The van der Waals surface area contributed by atoms with E-state index in [1.165, 1.54) is 19.4 Å². The first-order valence-electron chi connectivity index (χ1n) is 18.9. The first-order valence-corrected chi connectivity index (χ1v) is 24.4. The molecule has 0 spiro atoms. The highest BCUT2D eigenvalue weighted by molar-refractivity contribution is 8.13. The van der Waals surface area contributed by atoms with Gasteiger partial charge in [-0.05, 0) is 23.5 Å². The van der Waals surface area contributed by atoms with Crippen LogP contribution >= 0.6 is 35.2 Å². The Morgan fingerprint density at radius 2 is 1.65 bits per heavy atom. The van der Waals surface area contributed by atoms with Crippen molar-refractivity contribution in [1.29, 1.82) is 0 Å². The SMILES string of the molecule is CC(C)Cc1ccc([C@@H](C)C(=O)SCCNC(=O)CCNC(=O)C(O)C(C)(C)COP(=O)(O)OP(=O)(O)OC[C@H]2O[C@@H](n3cnc4c(N)ncnc43)[C@H](O)[C@@H]2OP(=O)(O)O)cc1. The van der Waals surface area contributed by atoms with Crippen LogP contribution in [-0.4, -0.2) is 123 Å². The highest BCUT2D eigenvalue weighted by Crippen LogP contribution is 2.61. The highest BCUT2D eigenvalue weighted by atomic mass is 32.2. The van der Waals surface area contributed by atoms with Crippen molar-refractivity contribution < 1.29 is 80.5 Å². The van der Waals surface area contributed by atoms with Crippen molar-refractivity contribution in [1.82, 2.24) is 30.2 Å². The van der Waals surface area contributed by atoms with Crippen molar-refractivity contribution in [3.63, 3.8) is 0 Å². The van der Waals surface area contributed by atoms with Crippen molar-refractivity contribution in [2.45, 2.75) is 84.0 Å². The van der Waals surface area contributed by atoms with Crippen LogP contribution in [0.2, 0.25) is 0 Å². The number of benzene rings is 1. The van der Waals surface area contributed by atoms with E-state index in [2.05, 4.69) is 48.3 Å². The first-order chi connectivity index (χ1) is 28.8. The van der Waals surface area contributed by atoms with Crippen molar-refractivity contribution in [2.75, 3.05) is 37.8 Å². The fraction of sp³-hybridized carbons (Fsp3) is 0.588. The summed E-state index contributed by atoms with van der Waals surface area (Å²) in [6, 6.07) is 7.93. The molecule has 10 N–H and O–H groups in total. The molecule has 346 valence electrons. The third-order valence-electron chi connectivity index (χ3n) is 9.22. The minimum absolute atomic E-state index is 0.0297. The summed E-state index contributed by atoms with van der Waals surface area (Å²) in [5, 5.41) is 26.5. The number of rotatable bonds is 23. The molecule has 28 heteroatoms. The van der Waals surface area contributed by atoms with E-state index in [4.69, 9.17) is 19.5 Å². The maximum absolute atomic E-state index is 12.7. The van der Waals surface area contributed by atoms with Crippen LogP contribution in [0.1, 0.15) is 64.3 Å². The predicted molar refractivity (Wildman–Crippen MR) is 220 cm³/mol.